The monoisotopic (exact) mass is 381 g/mol. The van der Waals surface area contributed by atoms with E-state index in [1.807, 2.05) is 26.0 Å². The number of rotatable bonds is 7. The lowest BCUT2D eigenvalue weighted by molar-refractivity contribution is -0.121. The quantitative estimate of drug-likeness (QED) is 0.794. The van der Waals surface area contributed by atoms with Crippen molar-refractivity contribution in [2.24, 2.45) is 0 Å². The molecule has 1 aliphatic heterocycles. The number of nitrogens with one attached hydrogen (secondary N) is 1. The Hall–Kier alpha value is -1.83. The number of ether oxygens (including phenoxy) is 1. The van der Waals surface area contributed by atoms with E-state index in [1.165, 1.54) is 0 Å². The lowest BCUT2D eigenvalue weighted by Crippen LogP contribution is -2.43. The maximum Gasteiger partial charge on any atom is 0.229 e. The van der Waals surface area contributed by atoms with E-state index in [9.17, 15) is 4.79 Å². The molecule has 1 fully saturated rings. The molecule has 0 aromatic carbocycles. The maximum atomic E-state index is 12.3. The highest BCUT2D eigenvalue weighted by molar-refractivity contribution is 6.29. The zero-order valence-corrected chi connectivity index (χ0v) is 15.8. The van der Waals surface area contributed by atoms with Gasteiger partial charge in [0.15, 0.2) is 0 Å². The van der Waals surface area contributed by atoms with Gasteiger partial charge in [-0.1, -0.05) is 5.16 Å². The van der Waals surface area contributed by atoms with Crippen LogP contribution in [0.25, 0.3) is 0 Å². The van der Waals surface area contributed by atoms with E-state index in [0.29, 0.717) is 32.6 Å². The molecular weight excluding hydrogens is 358 g/mol. The van der Waals surface area contributed by atoms with Crippen LogP contribution in [0.2, 0.25) is 5.22 Å². The fourth-order valence-corrected chi connectivity index (χ4v) is 3.37. The van der Waals surface area contributed by atoms with Crippen LogP contribution in [0.1, 0.15) is 35.2 Å². The number of morpholine rings is 1. The van der Waals surface area contributed by atoms with E-state index in [4.69, 9.17) is 25.3 Å². The van der Waals surface area contributed by atoms with Crippen molar-refractivity contribution in [2.45, 2.75) is 32.7 Å². The SMILES string of the molecule is Cc1ccc([C@@H](CNC(=O)CCc2c(C)noc2Cl)N2CCOCC2)o1. The van der Waals surface area contributed by atoms with Gasteiger partial charge in [-0.25, -0.2) is 0 Å². The highest BCUT2D eigenvalue weighted by Gasteiger charge is 2.25. The van der Waals surface area contributed by atoms with Crippen molar-refractivity contribution in [3.63, 3.8) is 0 Å². The van der Waals surface area contributed by atoms with Gasteiger partial charge < -0.3 is 19.0 Å². The van der Waals surface area contributed by atoms with Gasteiger partial charge in [0.05, 0.1) is 24.9 Å². The Labute approximate surface area is 157 Å². The molecule has 142 valence electrons. The van der Waals surface area contributed by atoms with Crippen molar-refractivity contribution in [1.82, 2.24) is 15.4 Å². The van der Waals surface area contributed by atoms with Gasteiger partial charge >= 0.3 is 0 Å². The number of amides is 1. The molecule has 0 bridgehead atoms. The average molecular weight is 382 g/mol. The number of carbonyl (C=O) groups is 1. The molecule has 3 rings (SSSR count). The van der Waals surface area contributed by atoms with Gasteiger partial charge in [-0.2, -0.15) is 0 Å². The summed E-state index contributed by atoms with van der Waals surface area (Å²) >= 11 is 5.95. The van der Waals surface area contributed by atoms with Gasteiger partial charge in [-0.15, -0.1) is 0 Å². The third kappa shape index (κ3) is 4.66. The second-order valence-corrected chi connectivity index (χ2v) is 6.78. The first-order chi connectivity index (χ1) is 12.5. The predicted octanol–water partition coefficient (Wildman–Crippen LogP) is 2.66. The first-order valence-electron chi connectivity index (χ1n) is 8.80. The smallest absolute Gasteiger partial charge is 0.229 e. The van der Waals surface area contributed by atoms with E-state index < -0.39 is 0 Å². The van der Waals surface area contributed by atoms with Crippen molar-refractivity contribution >= 4 is 17.5 Å². The molecule has 1 N–H and O–H groups in total. The molecule has 26 heavy (non-hydrogen) atoms. The molecule has 0 unspecified atom stereocenters. The van der Waals surface area contributed by atoms with Gasteiger partial charge in [0.25, 0.3) is 0 Å². The summed E-state index contributed by atoms with van der Waals surface area (Å²) in [5.74, 6) is 1.69. The van der Waals surface area contributed by atoms with Crippen molar-refractivity contribution in [3.05, 3.63) is 40.1 Å². The minimum Gasteiger partial charge on any atom is -0.465 e. The summed E-state index contributed by atoms with van der Waals surface area (Å²) in [4.78, 5) is 14.6. The zero-order valence-electron chi connectivity index (χ0n) is 15.1. The Morgan fingerprint density at radius 2 is 2.12 bits per heavy atom. The Bertz CT molecular complexity index is 717. The summed E-state index contributed by atoms with van der Waals surface area (Å²) < 4.78 is 16.2. The number of aryl methyl sites for hydroxylation is 2. The van der Waals surface area contributed by atoms with E-state index in [-0.39, 0.29) is 17.2 Å². The maximum absolute atomic E-state index is 12.3. The number of nitrogens with zero attached hydrogens (tertiary/aromatic N) is 2. The van der Waals surface area contributed by atoms with Crippen LogP contribution < -0.4 is 5.32 Å². The van der Waals surface area contributed by atoms with Gasteiger partial charge in [0.1, 0.15) is 11.5 Å². The van der Waals surface area contributed by atoms with Crippen LogP contribution in [0.15, 0.2) is 21.1 Å². The number of aromatic nitrogens is 1. The lowest BCUT2D eigenvalue weighted by atomic mass is 10.1. The van der Waals surface area contributed by atoms with Crippen LogP contribution in [0.5, 0.6) is 0 Å². The lowest BCUT2D eigenvalue weighted by Gasteiger charge is -2.33. The van der Waals surface area contributed by atoms with E-state index >= 15 is 0 Å². The molecule has 2 aromatic heterocycles. The molecular formula is C18H24ClN3O4. The number of carbonyl (C=O) groups excluding carboxylic acids is 1. The van der Waals surface area contributed by atoms with E-state index in [0.717, 1.165) is 35.9 Å². The Morgan fingerprint density at radius 1 is 1.35 bits per heavy atom. The van der Waals surface area contributed by atoms with Crippen LogP contribution in [0, 0.1) is 13.8 Å². The van der Waals surface area contributed by atoms with Gasteiger partial charge in [-0.05, 0) is 44.0 Å². The second kappa shape index (κ2) is 8.70. The molecule has 7 nitrogen and oxygen atoms in total. The van der Waals surface area contributed by atoms with Crippen molar-refractivity contribution in [3.8, 4) is 0 Å². The number of hydrogen-bond acceptors (Lipinski definition) is 6. The fourth-order valence-electron chi connectivity index (χ4n) is 3.11. The summed E-state index contributed by atoms with van der Waals surface area (Å²) in [5.41, 5.74) is 1.51. The zero-order chi connectivity index (χ0) is 18.5. The third-order valence-electron chi connectivity index (χ3n) is 4.61. The molecule has 8 heteroatoms. The van der Waals surface area contributed by atoms with Crippen LogP contribution in [-0.4, -0.2) is 48.8 Å². The normalized spacial score (nSPS) is 16.6. The Balaban J connectivity index is 1.57. The Morgan fingerprint density at radius 3 is 2.73 bits per heavy atom. The Kier molecular flexibility index (Phi) is 6.34. The predicted molar refractivity (Wildman–Crippen MR) is 96.2 cm³/mol. The molecule has 1 atom stereocenters. The minimum absolute atomic E-state index is 0.00235. The fraction of sp³-hybridized carbons (Fsp3) is 0.556. The van der Waals surface area contributed by atoms with Crippen LogP contribution in [0.4, 0.5) is 0 Å². The standard InChI is InChI=1S/C18H24ClN3O4/c1-12-3-5-16(25-12)15(22-7-9-24-10-8-22)11-20-17(23)6-4-14-13(2)21-26-18(14)19/h3,5,15H,4,6-11H2,1-2H3,(H,20,23)/t15-/m1/s1. The third-order valence-corrected chi connectivity index (χ3v) is 4.90. The van der Waals surface area contributed by atoms with E-state index in [2.05, 4.69) is 15.4 Å². The molecule has 1 amide bonds. The molecule has 1 aliphatic rings. The van der Waals surface area contributed by atoms with Gasteiger partial charge in [0.2, 0.25) is 11.1 Å². The summed E-state index contributed by atoms with van der Waals surface area (Å²) in [6.07, 6.45) is 0.830. The first-order valence-corrected chi connectivity index (χ1v) is 9.18. The number of halogens is 1. The molecule has 2 aromatic rings. The highest BCUT2D eigenvalue weighted by Crippen LogP contribution is 2.24. The molecule has 0 spiro atoms. The molecule has 0 radical (unpaired) electrons. The topological polar surface area (TPSA) is 80.7 Å². The number of hydrogen-bond donors (Lipinski definition) is 1. The second-order valence-electron chi connectivity index (χ2n) is 6.44. The average Bonchev–Trinajstić information content (AvgIpc) is 3.20. The van der Waals surface area contributed by atoms with Crippen molar-refractivity contribution in [2.75, 3.05) is 32.8 Å². The summed E-state index contributed by atoms with van der Waals surface area (Å²) in [7, 11) is 0. The van der Waals surface area contributed by atoms with Gasteiger partial charge in [0, 0.05) is 31.6 Å². The number of furan rings is 1. The van der Waals surface area contributed by atoms with Crippen molar-refractivity contribution < 1.29 is 18.5 Å². The molecule has 0 aliphatic carbocycles. The summed E-state index contributed by atoms with van der Waals surface area (Å²) in [6, 6.07) is 3.92. The molecule has 0 saturated carbocycles. The van der Waals surface area contributed by atoms with Crippen LogP contribution in [-0.2, 0) is 16.0 Å². The summed E-state index contributed by atoms with van der Waals surface area (Å²) in [5, 5.41) is 7.07. The van der Waals surface area contributed by atoms with E-state index in [1.54, 1.807) is 0 Å². The highest BCUT2D eigenvalue weighted by atomic mass is 35.5. The van der Waals surface area contributed by atoms with Crippen molar-refractivity contribution in [1.29, 1.82) is 0 Å². The molecule has 3 heterocycles. The largest absolute Gasteiger partial charge is 0.465 e. The first kappa shape index (κ1) is 18.9. The summed E-state index contributed by atoms with van der Waals surface area (Å²) in [6.45, 7) is 7.23. The van der Waals surface area contributed by atoms with Crippen LogP contribution >= 0.6 is 11.6 Å². The van der Waals surface area contributed by atoms with Crippen LogP contribution in [0.3, 0.4) is 0 Å². The minimum atomic E-state index is -0.0387. The molecule has 1 saturated heterocycles. The van der Waals surface area contributed by atoms with Gasteiger partial charge in [-0.3, -0.25) is 9.69 Å².